The Balaban J connectivity index is 1.44. The molecule has 0 aliphatic heterocycles. The summed E-state index contributed by atoms with van der Waals surface area (Å²) < 4.78 is 17.6. The van der Waals surface area contributed by atoms with Gasteiger partial charge in [0.2, 0.25) is 0 Å². The van der Waals surface area contributed by atoms with Gasteiger partial charge in [0, 0.05) is 25.2 Å². The number of pyridine rings is 1. The first-order valence-electron chi connectivity index (χ1n) is 10.6. The molecule has 32 heavy (non-hydrogen) atoms. The van der Waals surface area contributed by atoms with Crippen LogP contribution in [0.3, 0.4) is 0 Å². The lowest BCUT2D eigenvalue weighted by molar-refractivity contribution is 0.0868. The first-order valence-corrected chi connectivity index (χ1v) is 11.5. The number of rotatable bonds is 5. The molecule has 4 aromatic rings. The van der Waals surface area contributed by atoms with E-state index < -0.39 is 6.10 Å². The summed E-state index contributed by atoms with van der Waals surface area (Å²) in [6.07, 6.45) is 5.73. The van der Waals surface area contributed by atoms with Crippen molar-refractivity contribution in [1.29, 1.82) is 0 Å². The quantitative estimate of drug-likeness (QED) is 0.480. The van der Waals surface area contributed by atoms with Gasteiger partial charge in [-0.3, -0.25) is 9.48 Å². The van der Waals surface area contributed by atoms with Crippen LogP contribution in [-0.2, 0) is 13.5 Å². The Labute approximate surface area is 188 Å². The number of amides is 1. The lowest BCUT2D eigenvalue weighted by Crippen LogP contribution is -2.40. The second-order valence-electron chi connectivity index (χ2n) is 8.27. The standard InChI is InChI=1S/C24H23FN4O2S/c1-29-13-17(12-26-29)14-5-6-15(18(25)10-14)9-16-11-21(27-20-7-8-32-23(16)20)24(31)28-19-3-2-4-22(19)30/h5-8,10-13,19,22,30H,2-4,9H2,1H3,(H,28,31)/t19-,22-/m0/s1. The molecule has 1 aliphatic rings. The summed E-state index contributed by atoms with van der Waals surface area (Å²) in [6, 6.07) is 8.55. The number of benzene rings is 1. The maximum absolute atomic E-state index is 15.0. The molecule has 2 atom stereocenters. The molecule has 1 amide bonds. The average Bonchev–Trinajstić information content (AvgIpc) is 3.51. The Hall–Kier alpha value is -3.10. The number of carbonyl (C=O) groups is 1. The largest absolute Gasteiger partial charge is 0.391 e. The molecule has 3 heterocycles. The number of aromatic nitrogens is 3. The molecule has 1 saturated carbocycles. The molecule has 1 aromatic carbocycles. The smallest absolute Gasteiger partial charge is 0.270 e. The molecule has 0 spiro atoms. The summed E-state index contributed by atoms with van der Waals surface area (Å²) in [6.45, 7) is 0. The third-order valence-electron chi connectivity index (χ3n) is 5.99. The van der Waals surface area contributed by atoms with Crippen LogP contribution in [0.15, 0.2) is 48.1 Å². The Kier molecular flexibility index (Phi) is 5.48. The van der Waals surface area contributed by atoms with Crippen LogP contribution >= 0.6 is 11.3 Å². The van der Waals surface area contributed by atoms with Crippen LogP contribution in [0.1, 0.15) is 40.9 Å². The number of carbonyl (C=O) groups excluding carboxylic acids is 1. The van der Waals surface area contributed by atoms with E-state index in [1.165, 1.54) is 17.4 Å². The van der Waals surface area contributed by atoms with Gasteiger partial charge >= 0.3 is 0 Å². The predicted molar refractivity (Wildman–Crippen MR) is 122 cm³/mol. The third kappa shape index (κ3) is 4.03. The number of aliphatic hydroxyl groups is 1. The lowest BCUT2D eigenvalue weighted by Gasteiger charge is -2.16. The Morgan fingerprint density at radius 3 is 2.84 bits per heavy atom. The maximum Gasteiger partial charge on any atom is 0.270 e. The van der Waals surface area contributed by atoms with Gasteiger partial charge < -0.3 is 10.4 Å². The molecule has 2 N–H and O–H groups in total. The normalized spacial score (nSPS) is 18.3. The summed E-state index contributed by atoms with van der Waals surface area (Å²) in [4.78, 5) is 17.3. The van der Waals surface area contributed by atoms with Gasteiger partial charge in [0.1, 0.15) is 11.5 Å². The number of nitrogens with one attached hydrogen (secondary N) is 1. The molecule has 3 aromatic heterocycles. The Morgan fingerprint density at radius 2 is 2.12 bits per heavy atom. The minimum absolute atomic E-state index is 0.247. The number of fused-ring (bicyclic) bond motifs is 1. The van der Waals surface area contributed by atoms with Crippen LogP contribution < -0.4 is 5.32 Å². The van der Waals surface area contributed by atoms with E-state index in [-0.39, 0.29) is 23.5 Å². The second-order valence-corrected chi connectivity index (χ2v) is 9.18. The highest BCUT2D eigenvalue weighted by Gasteiger charge is 2.27. The van der Waals surface area contributed by atoms with Crippen LogP contribution in [-0.4, -0.2) is 37.9 Å². The minimum atomic E-state index is -0.518. The minimum Gasteiger partial charge on any atom is -0.391 e. The van der Waals surface area contributed by atoms with Crippen molar-refractivity contribution in [3.63, 3.8) is 0 Å². The van der Waals surface area contributed by atoms with Gasteiger partial charge in [0.15, 0.2) is 0 Å². The van der Waals surface area contributed by atoms with Crippen molar-refractivity contribution in [3.8, 4) is 11.1 Å². The van der Waals surface area contributed by atoms with Crippen molar-refractivity contribution >= 4 is 27.5 Å². The molecular weight excluding hydrogens is 427 g/mol. The highest BCUT2D eigenvalue weighted by atomic mass is 32.1. The lowest BCUT2D eigenvalue weighted by atomic mass is 10.0. The molecular formula is C24H23FN4O2S. The molecule has 0 saturated heterocycles. The van der Waals surface area contributed by atoms with Crippen molar-refractivity contribution in [2.75, 3.05) is 0 Å². The monoisotopic (exact) mass is 450 g/mol. The van der Waals surface area contributed by atoms with Crippen LogP contribution in [0.25, 0.3) is 21.3 Å². The molecule has 0 radical (unpaired) electrons. The van der Waals surface area contributed by atoms with Gasteiger partial charge in [-0.25, -0.2) is 9.37 Å². The van der Waals surface area contributed by atoms with Crippen molar-refractivity contribution in [3.05, 3.63) is 70.7 Å². The molecule has 1 aliphatic carbocycles. The molecule has 1 fully saturated rings. The zero-order valence-corrected chi connectivity index (χ0v) is 18.4. The van der Waals surface area contributed by atoms with Crippen molar-refractivity contribution in [2.24, 2.45) is 7.05 Å². The van der Waals surface area contributed by atoms with Gasteiger partial charge in [-0.1, -0.05) is 12.1 Å². The maximum atomic E-state index is 15.0. The van der Waals surface area contributed by atoms with E-state index in [0.717, 1.165) is 39.7 Å². The van der Waals surface area contributed by atoms with E-state index in [9.17, 15) is 14.3 Å². The summed E-state index contributed by atoms with van der Waals surface area (Å²) in [5.74, 6) is -0.606. The predicted octanol–water partition coefficient (Wildman–Crippen LogP) is 4.07. The summed E-state index contributed by atoms with van der Waals surface area (Å²) in [5.41, 5.74) is 4.04. The first kappa shape index (κ1) is 20.8. The van der Waals surface area contributed by atoms with Crippen molar-refractivity contribution in [1.82, 2.24) is 20.1 Å². The zero-order chi connectivity index (χ0) is 22.2. The topological polar surface area (TPSA) is 80.0 Å². The Morgan fingerprint density at radius 1 is 1.25 bits per heavy atom. The van der Waals surface area contributed by atoms with Crippen LogP contribution in [0, 0.1) is 5.82 Å². The second kappa shape index (κ2) is 8.44. The van der Waals surface area contributed by atoms with E-state index in [0.29, 0.717) is 18.4 Å². The van der Waals surface area contributed by atoms with Gasteiger partial charge in [0.05, 0.1) is 28.6 Å². The van der Waals surface area contributed by atoms with E-state index in [4.69, 9.17) is 0 Å². The number of halogens is 1. The van der Waals surface area contributed by atoms with E-state index in [1.807, 2.05) is 30.8 Å². The number of thiophene rings is 1. The molecule has 0 bridgehead atoms. The van der Waals surface area contributed by atoms with Gasteiger partial charge in [-0.2, -0.15) is 5.10 Å². The fraction of sp³-hybridized carbons (Fsp3) is 0.292. The fourth-order valence-corrected chi connectivity index (χ4v) is 5.12. The molecule has 8 heteroatoms. The number of aliphatic hydroxyl groups excluding tert-OH is 1. The van der Waals surface area contributed by atoms with E-state index in [1.54, 1.807) is 23.0 Å². The van der Waals surface area contributed by atoms with Crippen molar-refractivity contribution in [2.45, 2.75) is 37.8 Å². The third-order valence-corrected chi connectivity index (χ3v) is 6.97. The highest BCUT2D eigenvalue weighted by Crippen LogP contribution is 2.29. The summed E-state index contributed by atoms with van der Waals surface area (Å²) >= 11 is 1.53. The van der Waals surface area contributed by atoms with Crippen LogP contribution in [0.5, 0.6) is 0 Å². The van der Waals surface area contributed by atoms with Crippen LogP contribution in [0.4, 0.5) is 4.39 Å². The molecule has 164 valence electrons. The highest BCUT2D eigenvalue weighted by molar-refractivity contribution is 7.17. The number of hydrogen-bond donors (Lipinski definition) is 2. The van der Waals surface area contributed by atoms with E-state index in [2.05, 4.69) is 15.4 Å². The average molecular weight is 451 g/mol. The number of hydrogen-bond acceptors (Lipinski definition) is 5. The number of nitrogens with zero attached hydrogens (tertiary/aromatic N) is 3. The molecule has 6 nitrogen and oxygen atoms in total. The Bertz CT molecular complexity index is 1300. The molecule has 5 rings (SSSR count). The van der Waals surface area contributed by atoms with E-state index >= 15 is 0 Å². The number of aryl methyl sites for hydroxylation is 1. The van der Waals surface area contributed by atoms with Crippen LogP contribution in [0.2, 0.25) is 0 Å². The summed E-state index contributed by atoms with van der Waals surface area (Å²) in [7, 11) is 1.82. The van der Waals surface area contributed by atoms with Crippen molar-refractivity contribution < 1.29 is 14.3 Å². The SMILES string of the molecule is Cn1cc(-c2ccc(Cc3cc(C(=O)N[C@H]4CCC[C@@H]4O)nc4ccsc34)c(F)c2)cn1. The van der Waals surface area contributed by atoms with Gasteiger partial charge in [-0.05, 0) is 59.5 Å². The first-order chi connectivity index (χ1) is 15.5. The van der Waals surface area contributed by atoms with Gasteiger partial charge in [-0.15, -0.1) is 11.3 Å². The molecule has 0 unspecified atom stereocenters. The van der Waals surface area contributed by atoms with Gasteiger partial charge in [0.25, 0.3) is 5.91 Å². The summed E-state index contributed by atoms with van der Waals surface area (Å²) in [5, 5.41) is 19.0. The zero-order valence-electron chi connectivity index (χ0n) is 17.6. The fourth-order valence-electron chi connectivity index (χ4n) is 4.27.